The fourth-order valence-electron chi connectivity index (χ4n) is 1.40. The molecule has 0 radical (unpaired) electrons. The summed E-state index contributed by atoms with van der Waals surface area (Å²) >= 11 is 0. The van der Waals surface area contributed by atoms with Crippen LogP contribution in [0.1, 0.15) is 20.8 Å². The molecule has 1 saturated heterocycles. The number of nitrogens with one attached hydrogen (secondary N) is 1. The van der Waals surface area contributed by atoms with Crippen LogP contribution in [0.15, 0.2) is 0 Å². The minimum Gasteiger partial charge on any atom is -0.350 e. The summed E-state index contributed by atoms with van der Waals surface area (Å²) in [5.74, 6) is 0.0828. The Morgan fingerprint density at radius 2 is 2.08 bits per heavy atom. The van der Waals surface area contributed by atoms with Gasteiger partial charge in [-0.25, -0.2) is 0 Å². The second kappa shape index (κ2) is 3.64. The van der Waals surface area contributed by atoms with Crippen LogP contribution in [0.25, 0.3) is 0 Å². The molecule has 0 atom stereocenters. The van der Waals surface area contributed by atoms with Crippen molar-refractivity contribution in [1.29, 1.82) is 0 Å². The third kappa shape index (κ3) is 3.74. The van der Waals surface area contributed by atoms with Gasteiger partial charge in [-0.3, -0.25) is 9.69 Å². The molecule has 1 heterocycles. The molecule has 4 nitrogen and oxygen atoms in total. The fraction of sp³-hybridized carbons (Fsp3) is 0.889. The van der Waals surface area contributed by atoms with E-state index >= 15 is 0 Å². The molecule has 3 N–H and O–H groups in total. The first-order valence-electron chi connectivity index (χ1n) is 4.66. The lowest BCUT2D eigenvalue weighted by molar-refractivity contribution is -0.124. The van der Waals surface area contributed by atoms with Crippen molar-refractivity contribution in [3.05, 3.63) is 0 Å². The molecule has 1 aliphatic heterocycles. The van der Waals surface area contributed by atoms with Gasteiger partial charge in [0.05, 0.1) is 6.54 Å². The quantitative estimate of drug-likeness (QED) is 0.612. The van der Waals surface area contributed by atoms with Gasteiger partial charge in [0.25, 0.3) is 0 Å². The molecule has 0 saturated carbocycles. The van der Waals surface area contributed by atoms with Crippen molar-refractivity contribution < 1.29 is 4.79 Å². The minimum absolute atomic E-state index is 0.0828. The maximum Gasteiger partial charge on any atom is 0.234 e. The molecule has 0 unspecified atom stereocenters. The zero-order chi connectivity index (χ0) is 10.1. The molecular formula is C9H19N3O. The molecule has 0 aromatic carbocycles. The smallest absolute Gasteiger partial charge is 0.234 e. The maximum absolute atomic E-state index is 11.4. The van der Waals surface area contributed by atoms with Gasteiger partial charge in [0, 0.05) is 24.7 Å². The van der Waals surface area contributed by atoms with Gasteiger partial charge in [-0.1, -0.05) is 0 Å². The van der Waals surface area contributed by atoms with Crippen LogP contribution in [0.5, 0.6) is 0 Å². The van der Waals surface area contributed by atoms with Crippen LogP contribution in [-0.4, -0.2) is 42.0 Å². The fourth-order valence-corrected chi connectivity index (χ4v) is 1.40. The summed E-state index contributed by atoms with van der Waals surface area (Å²) in [4.78, 5) is 13.4. The van der Waals surface area contributed by atoms with Crippen molar-refractivity contribution >= 4 is 5.91 Å². The number of hydrogen-bond donors (Lipinski definition) is 2. The van der Waals surface area contributed by atoms with Gasteiger partial charge in [-0.2, -0.15) is 0 Å². The first-order chi connectivity index (χ1) is 5.87. The van der Waals surface area contributed by atoms with E-state index in [1.54, 1.807) is 0 Å². The first-order valence-corrected chi connectivity index (χ1v) is 4.66. The van der Waals surface area contributed by atoms with Gasteiger partial charge in [0.15, 0.2) is 0 Å². The van der Waals surface area contributed by atoms with Crippen molar-refractivity contribution in [2.24, 2.45) is 5.73 Å². The van der Waals surface area contributed by atoms with E-state index in [4.69, 9.17) is 5.73 Å². The summed E-state index contributed by atoms with van der Waals surface area (Å²) < 4.78 is 0. The van der Waals surface area contributed by atoms with Gasteiger partial charge in [-0.15, -0.1) is 0 Å². The van der Waals surface area contributed by atoms with E-state index < -0.39 is 0 Å². The normalized spacial score (nSPS) is 19.7. The lowest BCUT2D eigenvalue weighted by atomic mass is 10.1. The molecule has 0 aromatic rings. The molecule has 4 heteroatoms. The number of hydrogen-bond acceptors (Lipinski definition) is 3. The van der Waals surface area contributed by atoms with Gasteiger partial charge in [-0.05, 0) is 20.8 Å². The van der Waals surface area contributed by atoms with Gasteiger partial charge < -0.3 is 11.1 Å². The monoisotopic (exact) mass is 185 g/mol. The van der Waals surface area contributed by atoms with E-state index in [1.165, 1.54) is 0 Å². The third-order valence-electron chi connectivity index (χ3n) is 1.87. The molecule has 0 bridgehead atoms. The number of carbonyl (C=O) groups is 1. The van der Waals surface area contributed by atoms with E-state index in [9.17, 15) is 4.79 Å². The Hall–Kier alpha value is -0.610. The Morgan fingerprint density at radius 3 is 2.46 bits per heavy atom. The van der Waals surface area contributed by atoms with Crippen molar-refractivity contribution in [3.8, 4) is 0 Å². The molecule has 1 aliphatic rings. The highest BCUT2D eigenvalue weighted by Gasteiger charge is 2.25. The molecule has 1 rings (SSSR count). The van der Waals surface area contributed by atoms with Crippen LogP contribution in [-0.2, 0) is 4.79 Å². The molecule has 0 spiro atoms. The van der Waals surface area contributed by atoms with Gasteiger partial charge in [0.1, 0.15) is 0 Å². The number of likely N-dealkylation sites (tertiary alicyclic amines) is 1. The van der Waals surface area contributed by atoms with E-state index in [0.717, 1.165) is 13.1 Å². The van der Waals surface area contributed by atoms with Gasteiger partial charge in [0.2, 0.25) is 5.91 Å². The third-order valence-corrected chi connectivity index (χ3v) is 1.87. The predicted octanol–water partition coefficient (Wildman–Crippen LogP) is -0.456. The number of nitrogens with two attached hydrogens (primary N) is 1. The van der Waals surface area contributed by atoms with Crippen molar-refractivity contribution in [2.45, 2.75) is 32.4 Å². The van der Waals surface area contributed by atoms with E-state index in [2.05, 4.69) is 5.32 Å². The summed E-state index contributed by atoms with van der Waals surface area (Å²) in [6, 6.07) is 0.266. The molecule has 13 heavy (non-hydrogen) atoms. The zero-order valence-electron chi connectivity index (χ0n) is 8.63. The summed E-state index contributed by atoms with van der Waals surface area (Å²) in [6.45, 7) is 8.10. The number of amides is 1. The molecular weight excluding hydrogens is 166 g/mol. The second-order valence-corrected chi connectivity index (χ2v) is 4.75. The molecule has 0 aliphatic carbocycles. The molecule has 0 aromatic heterocycles. The van der Waals surface area contributed by atoms with E-state index in [0.29, 0.717) is 6.54 Å². The average molecular weight is 185 g/mol. The van der Waals surface area contributed by atoms with Crippen LogP contribution in [0.3, 0.4) is 0 Å². The highest BCUT2D eigenvalue weighted by molar-refractivity contribution is 5.78. The molecule has 1 amide bonds. The highest BCUT2D eigenvalue weighted by atomic mass is 16.2. The summed E-state index contributed by atoms with van der Waals surface area (Å²) in [7, 11) is 0. The highest BCUT2D eigenvalue weighted by Crippen LogP contribution is 2.05. The van der Waals surface area contributed by atoms with Crippen LogP contribution in [0, 0.1) is 0 Å². The first kappa shape index (κ1) is 10.5. The van der Waals surface area contributed by atoms with Crippen LogP contribution < -0.4 is 11.1 Å². The standard InChI is InChI=1S/C9H19N3O/c1-9(2,3)11-8(13)6-12-4-7(10)5-12/h7H,4-6,10H2,1-3H3,(H,11,13). The number of nitrogens with zero attached hydrogens (tertiary/aromatic N) is 1. The minimum atomic E-state index is -0.135. The van der Waals surface area contributed by atoms with Crippen LogP contribution >= 0.6 is 0 Å². The lowest BCUT2D eigenvalue weighted by Crippen LogP contribution is -2.58. The van der Waals surface area contributed by atoms with E-state index in [-0.39, 0.29) is 17.5 Å². The predicted molar refractivity (Wildman–Crippen MR) is 52.3 cm³/mol. The van der Waals surface area contributed by atoms with Crippen molar-refractivity contribution in [2.75, 3.05) is 19.6 Å². The Balaban J connectivity index is 2.19. The summed E-state index contributed by atoms with van der Waals surface area (Å²) in [5, 5.41) is 2.91. The van der Waals surface area contributed by atoms with Crippen LogP contribution in [0.2, 0.25) is 0 Å². The van der Waals surface area contributed by atoms with Gasteiger partial charge >= 0.3 is 0 Å². The molecule has 76 valence electrons. The van der Waals surface area contributed by atoms with Crippen molar-refractivity contribution in [1.82, 2.24) is 10.2 Å². The van der Waals surface area contributed by atoms with Crippen LogP contribution in [0.4, 0.5) is 0 Å². The number of rotatable bonds is 2. The Labute approximate surface area is 79.5 Å². The Bertz CT molecular complexity index is 192. The maximum atomic E-state index is 11.4. The molecule has 1 fully saturated rings. The SMILES string of the molecule is CC(C)(C)NC(=O)CN1CC(N)C1. The topological polar surface area (TPSA) is 58.4 Å². The van der Waals surface area contributed by atoms with E-state index in [1.807, 2.05) is 25.7 Å². The Morgan fingerprint density at radius 1 is 1.54 bits per heavy atom. The van der Waals surface area contributed by atoms with Crippen molar-refractivity contribution in [3.63, 3.8) is 0 Å². The zero-order valence-corrected chi connectivity index (χ0v) is 8.63. The largest absolute Gasteiger partial charge is 0.350 e. The second-order valence-electron chi connectivity index (χ2n) is 4.75. The lowest BCUT2D eigenvalue weighted by Gasteiger charge is -2.36. The number of carbonyl (C=O) groups excluding carboxylic acids is 1. The summed E-state index contributed by atoms with van der Waals surface area (Å²) in [5.41, 5.74) is 5.46. The average Bonchev–Trinajstić information content (AvgIpc) is 1.79. The summed E-state index contributed by atoms with van der Waals surface area (Å²) in [6.07, 6.45) is 0. The Kier molecular flexibility index (Phi) is 2.93.